The van der Waals surface area contributed by atoms with Gasteiger partial charge in [0.2, 0.25) is 17.7 Å². The second-order valence-electron chi connectivity index (χ2n) is 6.86. The first-order valence-electron chi connectivity index (χ1n) is 9.54. The predicted molar refractivity (Wildman–Crippen MR) is 104 cm³/mol. The van der Waals surface area contributed by atoms with E-state index in [0.717, 1.165) is 0 Å². The minimum atomic E-state index is -1.78. The van der Waals surface area contributed by atoms with E-state index in [2.05, 4.69) is 16.0 Å². The lowest BCUT2D eigenvalue weighted by molar-refractivity contribution is -0.141. The number of rotatable bonds is 16. The van der Waals surface area contributed by atoms with Crippen molar-refractivity contribution in [2.45, 2.75) is 63.6 Å². The van der Waals surface area contributed by atoms with Crippen molar-refractivity contribution < 1.29 is 54.0 Å². The van der Waals surface area contributed by atoms with Crippen molar-refractivity contribution in [3.8, 4) is 0 Å². The van der Waals surface area contributed by atoms with Gasteiger partial charge in [0.15, 0.2) is 0 Å². The lowest BCUT2D eigenvalue weighted by Crippen LogP contribution is -2.55. The number of aliphatic hydroxyl groups excluding tert-OH is 1. The number of Topliss-reactive ketones (excluding diaryl/α,β-unsaturated/α-hetero) is 1. The van der Waals surface area contributed by atoms with E-state index in [9.17, 15) is 38.7 Å². The first-order valence-corrected chi connectivity index (χ1v) is 9.54. The van der Waals surface area contributed by atoms with Gasteiger partial charge in [-0.15, -0.1) is 0 Å². The van der Waals surface area contributed by atoms with Crippen LogP contribution >= 0.6 is 0 Å². The Hall–Kier alpha value is -3.55. The summed E-state index contributed by atoms with van der Waals surface area (Å²) in [6, 6.07) is -2.93. The summed E-state index contributed by atoms with van der Waals surface area (Å²) in [5.41, 5.74) is 0. The van der Waals surface area contributed by atoms with Gasteiger partial charge in [-0.25, -0.2) is 0 Å². The minimum absolute atomic E-state index is 0.356. The Morgan fingerprint density at radius 2 is 1.06 bits per heavy atom. The largest absolute Gasteiger partial charge is 0.481 e. The normalized spacial score (nSPS) is 13.2. The van der Waals surface area contributed by atoms with E-state index < -0.39 is 91.7 Å². The molecule has 3 amide bonds. The fourth-order valence-electron chi connectivity index (χ4n) is 2.34. The maximum absolute atomic E-state index is 12.6. The number of carboxylic acids is 3. The molecule has 0 rings (SSSR count). The van der Waals surface area contributed by atoms with Crippen molar-refractivity contribution in [3.63, 3.8) is 0 Å². The van der Waals surface area contributed by atoms with Crippen LogP contribution in [-0.2, 0) is 33.6 Å². The summed E-state index contributed by atoms with van der Waals surface area (Å²) in [6.45, 7) is 0.825. The molecule has 0 radical (unpaired) electrons. The van der Waals surface area contributed by atoms with E-state index in [1.807, 2.05) is 0 Å². The second kappa shape index (κ2) is 14.5. The summed E-state index contributed by atoms with van der Waals surface area (Å²) < 4.78 is 0. The molecule has 0 aromatic rings. The molecule has 0 aromatic heterocycles. The van der Waals surface area contributed by atoms with Crippen LogP contribution in [0.15, 0.2) is 0 Å². The highest BCUT2D eigenvalue weighted by Gasteiger charge is 2.29. The van der Waals surface area contributed by atoms with Gasteiger partial charge in [-0.2, -0.15) is 0 Å². The maximum Gasteiger partial charge on any atom is 0.303 e. The highest BCUT2D eigenvalue weighted by Crippen LogP contribution is 2.05. The molecule has 14 heteroatoms. The van der Waals surface area contributed by atoms with Gasteiger partial charge in [-0.05, 0) is 26.2 Å². The zero-order valence-electron chi connectivity index (χ0n) is 17.3. The number of hydrogen-bond donors (Lipinski definition) is 7. The van der Waals surface area contributed by atoms with Gasteiger partial charge in [0.25, 0.3) is 0 Å². The van der Waals surface area contributed by atoms with Crippen LogP contribution in [0.25, 0.3) is 0 Å². The van der Waals surface area contributed by atoms with Crippen LogP contribution < -0.4 is 16.0 Å². The molecule has 0 aromatic carbocycles. The molecule has 0 heterocycles. The van der Waals surface area contributed by atoms with Crippen LogP contribution in [0.3, 0.4) is 0 Å². The Kier molecular flexibility index (Phi) is 12.9. The van der Waals surface area contributed by atoms with Crippen molar-refractivity contribution in [1.82, 2.24) is 16.0 Å². The Morgan fingerprint density at radius 3 is 1.50 bits per heavy atom. The predicted octanol–water partition coefficient (Wildman–Crippen LogP) is -2.38. The number of aliphatic carboxylic acids is 3. The third-order valence-electron chi connectivity index (χ3n) is 4.01. The van der Waals surface area contributed by atoms with Crippen LogP contribution in [0.5, 0.6) is 0 Å². The summed E-state index contributed by atoms with van der Waals surface area (Å²) in [6.07, 6.45) is -4.64. The molecule has 0 aliphatic carbocycles. The number of ketones is 1. The highest BCUT2D eigenvalue weighted by molar-refractivity contribution is 5.94. The van der Waals surface area contributed by atoms with E-state index in [1.54, 1.807) is 0 Å². The third-order valence-corrected chi connectivity index (χ3v) is 4.01. The molecule has 0 aliphatic heterocycles. The summed E-state index contributed by atoms with van der Waals surface area (Å²) in [5.74, 6) is -7.25. The van der Waals surface area contributed by atoms with E-state index >= 15 is 0 Å². The molecule has 14 nitrogen and oxygen atoms in total. The van der Waals surface area contributed by atoms with Gasteiger partial charge in [0.1, 0.15) is 24.0 Å². The molecular formula is C18H27N3O11. The van der Waals surface area contributed by atoms with Gasteiger partial charge in [-0.1, -0.05) is 0 Å². The monoisotopic (exact) mass is 461 g/mol. The van der Waals surface area contributed by atoms with E-state index in [-0.39, 0.29) is 13.0 Å². The zero-order chi connectivity index (χ0) is 24.8. The Labute approximate surface area is 182 Å². The van der Waals surface area contributed by atoms with E-state index in [1.165, 1.54) is 6.92 Å². The number of aliphatic hydroxyl groups is 1. The van der Waals surface area contributed by atoms with Gasteiger partial charge >= 0.3 is 17.9 Å². The molecule has 0 spiro atoms. The van der Waals surface area contributed by atoms with Gasteiger partial charge in [-0.3, -0.25) is 33.6 Å². The topological polar surface area (TPSA) is 236 Å². The van der Waals surface area contributed by atoms with Gasteiger partial charge in [0.05, 0.1) is 6.54 Å². The van der Waals surface area contributed by atoms with Crippen molar-refractivity contribution in [3.05, 3.63) is 0 Å². The van der Waals surface area contributed by atoms with Crippen LogP contribution in [0, 0.1) is 0 Å². The fraction of sp³-hybridized carbons (Fsp3) is 0.611. The summed E-state index contributed by atoms with van der Waals surface area (Å²) >= 11 is 0. The van der Waals surface area contributed by atoms with Crippen molar-refractivity contribution in [2.24, 2.45) is 0 Å². The lowest BCUT2D eigenvalue weighted by Gasteiger charge is -2.23. The van der Waals surface area contributed by atoms with Crippen LogP contribution in [0.2, 0.25) is 0 Å². The highest BCUT2D eigenvalue weighted by atomic mass is 16.4. The quantitative estimate of drug-likeness (QED) is 0.128. The maximum atomic E-state index is 12.6. The van der Waals surface area contributed by atoms with Crippen molar-refractivity contribution in [2.75, 3.05) is 6.54 Å². The fourth-order valence-corrected chi connectivity index (χ4v) is 2.34. The second-order valence-corrected chi connectivity index (χ2v) is 6.86. The summed E-state index contributed by atoms with van der Waals surface area (Å²) in [7, 11) is 0. The molecule has 3 atom stereocenters. The number of carbonyl (C=O) groups is 7. The number of nitrogens with one attached hydrogen (secondary N) is 3. The average Bonchev–Trinajstić information content (AvgIpc) is 2.69. The third kappa shape index (κ3) is 12.9. The van der Waals surface area contributed by atoms with Crippen molar-refractivity contribution >= 4 is 41.4 Å². The summed E-state index contributed by atoms with van der Waals surface area (Å²) in [4.78, 5) is 80.1. The Bertz CT molecular complexity index is 738. The smallest absolute Gasteiger partial charge is 0.303 e. The lowest BCUT2D eigenvalue weighted by atomic mass is 10.1. The zero-order valence-corrected chi connectivity index (χ0v) is 17.3. The number of amides is 3. The van der Waals surface area contributed by atoms with Gasteiger partial charge < -0.3 is 36.4 Å². The average molecular weight is 461 g/mol. The Balaban J connectivity index is 5.34. The van der Waals surface area contributed by atoms with Gasteiger partial charge in [0, 0.05) is 19.3 Å². The number of carboxylic acid groups (broad SMARTS) is 3. The Morgan fingerprint density at radius 1 is 0.656 bits per heavy atom. The standard InChI is InChI=1S/C18H27N3O11/c1-9(22)8-19-16(30)10(2-5-13(24)25)20-17(31)11(3-6-14(26)27)21-18(32)12(23)4-7-15(28)29/h10-12,23H,2-8H2,1H3,(H,19,30)(H,20,31)(H,21,32)(H,24,25)(H,26,27)(H,28,29)/t10-,11?,12-/m0/s1. The summed E-state index contributed by atoms with van der Waals surface area (Å²) in [5, 5.41) is 42.5. The molecule has 0 saturated heterocycles. The molecule has 180 valence electrons. The molecule has 0 bridgehead atoms. The molecule has 0 saturated carbocycles. The van der Waals surface area contributed by atoms with E-state index in [0.29, 0.717) is 0 Å². The number of hydrogen-bond acceptors (Lipinski definition) is 8. The molecule has 0 aliphatic rings. The minimum Gasteiger partial charge on any atom is -0.481 e. The molecule has 7 N–H and O–H groups in total. The number of carbonyl (C=O) groups excluding carboxylic acids is 4. The molecular weight excluding hydrogens is 434 g/mol. The first-order chi connectivity index (χ1) is 14.8. The van der Waals surface area contributed by atoms with Crippen LogP contribution in [0.4, 0.5) is 0 Å². The van der Waals surface area contributed by atoms with Crippen molar-refractivity contribution in [1.29, 1.82) is 0 Å². The SMILES string of the molecule is CC(=O)CNC(=O)[C@H](CCC(=O)O)NC(=O)C(CCC(=O)O)NC(=O)[C@@H](O)CCC(=O)O. The molecule has 0 fully saturated rings. The first kappa shape index (κ1) is 28.5. The van der Waals surface area contributed by atoms with E-state index in [4.69, 9.17) is 15.3 Å². The van der Waals surface area contributed by atoms with Crippen LogP contribution in [-0.4, -0.2) is 86.6 Å². The van der Waals surface area contributed by atoms with Crippen LogP contribution in [0.1, 0.15) is 45.4 Å². The molecule has 32 heavy (non-hydrogen) atoms. The molecule has 1 unspecified atom stereocenters.